The molecule has 2 aromatic rings. The van der Waals surface area contributed by atoms with Crippen LogP contribution in [-0.2, 0) is 17.7 Å². The summed E-state index contributed by atoms with van der Waals surface area (Å²) in [6.07, 6.45) is 3.20. The minimum Gasteiger partial charge on any atom is -0.371 e. The molecule has 20 heavy (non-hydrogen) atoms. The van der Waals surface area contributed by atoms with E-state index in [1.165, 1.54) is 11.3 Å². The van der Waals surface area contributed by atoms with Crippen LogP contribution in [0, 0.1) is 0 Å². The first kappa shape index (κ1) is 13.8. The first-order chi connectivity index (χ1) is 9.86. The van der Waals surface area contributed by atoms with Crippen molar-refractivity contribution in [2.45, 2.75) is 26.0 Å². The molecule has 0 bridgehead atoms. The lowest BCUT2D eigenvalue weighted by atomic mass is 10.1. The van der Waals surface area contributed by atoms with Crippen LogP contribution in [0.3, 0.4) is 0 Å². The Morgan fingerprint density at radius 3 is 3.20 bits per heavy atom. The first-order valence-electron chi connectivity index (χ1n) is 7.23. The summed E-state index contributed by atoms with van der Waals surface area (Å²) in [5, 5.41) is 8.65. The topological polar surface area (TPSA) is 30.3 Å². The summed E-state index contributed by atoms with van der Waals surface area (Å²) in [5.41, 5.74) is 2.64. The Hall–Kier alpha value is -1.17. The van der Waals surface area contributed by atoms with Gasteiger partial charge < -0.3 is 4.74 Å². The summed E-state index contributed by atoms with van der Waals surface area (Å²) in [5.74, 6) is 0. The smallest absolute Gasteiger partial charge is 0.0960 e. The van der Waals surface area contributed by atoms with Gasteiger partial charge in [0.1, 0.15) is 0 Å². The number of ether oxygens (including phenoxy) is 1. The highest BCUT2D eigenvalue weighted by molar-refractivity contribution is 7.07. The van der Waals surface area contributed by atoms with Crippen molar-refractivity contribution < 1.29 is 4.74 Å². The second kappa shape index (κ2) is 6.52. The van der Waals surface area contributed by atoms with Crippen LogP contribution in [0.25, 0.3) is 0 Å². The normalized spacial score (nSPS) is 20.4. The lowest BCUT2D eigenvalue weighted by Gasteiger charge is -2.32. The number of aryl methyl sites for hydroxylation is 1. The zero-order chi connectivity index (χ0) is 13.8. The molecular formula is C15H21N3OS. The van der Waals surface area contributed by atoms with E-state index in [0.717, 1.165) is 39.2 Å². The van der Waals surface area contributed by atoms with Crippen LogP contribution in [0.5, 0.6) is 0 Å². The van der Waals surface area contributed by atoms with E-state index in [1.54, 1.807) is 11.3 Å². The molecule has 1 saturated heterocycles. The van der Waals surface area contributed by atoms with Gasteiger partial charge in [-0.25, -0.2) is 0 Å². The number of hydrogen-bond acceptors (Lipinski definition) is 4. The van der Waals surface area contributed by atoms with Gasteiger partial charge in [-0.15, -0.1) is 0 Å². The summed E-state index contributed by atoms with van der Waals surface area (Å²) in [6.45, 7) is 7.02. The molecule has 4 nitrogen and oxygen atoms in total. The maximum atomic E-state index is 5.88. The largest absolute Gasteiger partial charge is 0.371 e. The van der Waals surface area contributed by atoms with Gasteiger partial charge in [0.2, 0.25) is 0 Å². The molecule has 0 radical (unpaired) electrons. The molecule has 108 valence electrons. The SMILES string of the molecule is CCn1nccc1CCN1CCO[C@H](c2ccsc2)C1. The zero-order valence-electron chi connectivity index (χ0n) is 11.9. The second-order valence-corrected chi connectivity index (χ2v) is 5.89. The summed E-state index contributed by atoms with van der Waals surface area (Å²) in [6, 6.07) is 4.30. The van der Waals surface area contributed by atoms with Crippen molar-refractivity contribution in [1.29, 1.82) is 0 Å². The number of morpholine rings is 1. The molecule has 2 aromatic heterocycles. The lowest BCUT2D eigenvalue weighted by molar-refractivity contribution is -0.0294. The van der Waals surface area contributed by atoms with E-state index in [-0.39, 0.29) is 6.10 Å². The average molecular weight is 291 g/mol. The van der Waals surface area contributed by atoms with E-state index in [0.29, 0.717) is 0 Å². The molecule has 1 aliphatic heterocycles. The van der Waals surface area contributed by atoms with Crippen LogP contribution in [0.1, 0.15) is 24.3 Å². The van der Waals surface area contributed by atoms with Crippen molar-refractivity contribution in [2.24, 2.45) is 0 Å². The maximum absolute atomic E-state index is 5.88. The van der Waals surface area contributed by atoms with E-state index < -0.39 is 0 Å². The Morgan fingerprint density at radius 2 is 2.40 bits per heavy atom. The molecule has 1 fully saturated rings. The van der Waals surface area contributed by atoms with Crippen molar-refractivity contribution in [3.8, 4) is 0 Å². The van der Waals surface area contributed by atoms with Crippen molar-refractivity contribution in [2.75, 3.05) is 26.2 Å². The number of aromatic nitrogens is 2. The second-order valence-electron chi connectivity index (χ2n) is 5.11. The van der Waals surface area contributed by atoms with Crippen LogP contribution in [0.15, 0.2) is 29.1 Å². The molecule has 0 N–H and O–H groups in total. The maximum Gasteiger partial charge on any atom is 0.0960 e. The molecule has 0 amide bonds. The Labute approximate surface area is 124 Å². The van der Waals surface area contributed by atoms with Gasteiger partial charge in [0.05, 0.1) is 12.7 Å². The molecule has 0 unspecified atom stereocenters. The van der Waals surface area contributed by atoms with Gasteiger partial charge in [0.25, 0.3) is 0 Å². The third kappa shape index (κ3) is 3.11. The number of thiophene rings is 1. The average Bonchev–Trinajstić information content (AvgIpc) is 3.16. The molecule has 0 aromatic carbocycles. The minimum absolute atomic E-state index is 0.242. The third-order valence-corrected chi connectivity index (χ3v) is 4.56. The first-order valence-corrected chi connectivity index (χ1v) is 8.18. The molecule has 5 heteroatoms. The highest BCUT2D eigenvalue weighted by Gasteiger charge is 2.22. The van der Waals surface area contributed by atoms with E-state index >= 15 is 0 Å². The fourth-order valence-electron chi connectivity index (χ4n) is 2.70. The predicted molar refractivity (Wildman–Crippen MR) is 81.1 cm³/mol. The monoisotopic (exact) mass is 291 g/mol. The minimum atomic E-state index is 0.242. The standard InChI is InChI=1S/C15H21N3OS/c1-2-18-14(3-6-16-18)4-7-17-8-9-19-15(11-17)13-5-10-20-12-13/h3,5-6,10,12,15H,2,4,7-9,11H2,1H3/t15-/m0/s1. The Morgan fingerprint density at radius 1 is 1.45 bits per heavy atom. The van der Waals surface area contributed by atoms with E-state index in [4.69, 9.17) is 4.74 Å². The molecule has 1 atom stereocenters. The number of nitrogens with zero attached hydrogens (tertiary/aromatic N) is 3. The van der Waals surface area contributed by atoms with Gasteiger partial charge in [-0.3, -0.25) is 9.58 Å². The highest BCUT2D eigenvalue weighted by Crippen LogP contribution is 2.24. The fraction of sp³-hybridized carbons (Fsp3) is 0.533. The van der Waals surface area contributed by atoms with Crippen LogP contribution < -0.4 is 0 Å². The van der Waals surface area contributed by atoms with Crippen molar-refractivity contribution in [3.05, 3.63) is 40.3 Å². The quantitative estimate of drug-likeness (QED) is 0.848. The molecule has 1 aliphatic rings. The summed E-state index contributed by atoms with van der Waals surface area (Å²) in [4.78, 5) is 2.50. The van der Waals surface area contributed by atoms with Gasteiger partial charge >= 0.3 is 0 Å². The molecule has 0 aliphatic carbocycles. The van der Waals surface area contributed by atoms with Gasteiger partial charge in [0.15, 0.2) is 0 Å². The van der Waals surface area contributed by atoms with Crippen molar-refractivity contribution >= 4 is 11.3 Å². The van der Waals surface area contributed by atoms with Crippen molar-refractivity contribution in [3.63, 3.8) is 0 Å². The molecular weight excluding hydrogens is 270 g/mol. The Bertz CT molecular complexity index is 523. The summed E-state index contributed by atoms with van der Waals surface area (Å²) in [7, 11) is 0. The van der Waals surface area contributed by atoms with Crippen LogP contribution in [0.2, 0.25) is 0 Å². The number of rotatable bonds is 5. The van der Waals surface area contributed by atoms with E-state index in [9.17, 15) is 0 Å². The van der Waals surface area contributed by atoms with E-state index in [2.05, 4.69) is 44.5 Å². The Kier molecular flexibility index (Phi) is 4.50. The van der Waals surface area contributed by atoms with Gasteiger partial charge in [-0.1, -0.05) is 0 Å². The summed E-state index contributed by atoms with van der Waals surface area (Å²) < 4.78 is 7.96. The number of hydrogen-bond donors (Lipinski definition) is 0. The van der Waals surface area contributed by atoms with E-state index in [1.807, 2.05) is 6.20 Å². The summed E-state index contributed by atoms with van der Waals surface area (Å²) >= 11 is 1.74. The fourth-order valence-corrected chi connectivity index (χ4v) is 3.40. The lowest BCUT2D eigenvalue weighted by Crippen LogP contribution is -2.39. The predicted octanol–water partition coefficient (Wildman–Crippen LogP) is 2.58. The van der Waals surface area contributed by atoms with Crippen LogP contribution >= 0.6 is 11.3 Å². The van der Waals surface area contributed by atoms with Crippen molar-refractivity contribution in [1.82, 2.24) is 14.7 Å². The van der Waals surface area contributed by atoms with Gasteiger partial charge in [-0.05, 0) is 35.4 Å². The molecule has 0 saturated carbocycles. The van der Waals surface area contributed by atoms with Crippen LogP contribution in [0.4, 0.5) is 0 Å². The highest BCUT2D eigenvalue weighted by atomic mass is 32.1. The Balaban J connectivity index is 1.55. The molecule has 3 rings (SSSR count). The zero-order valence-corrected chi connectivity index (χ0v) is 12.7. The van der Waals surface area contributed by atoms with Gasteiger partial charge in [0, 0.05) is 44.5 Å². The molecule has 0 spiro atoms. The van der Waals surface area contributed by atoms with Crippen LogP contribution in [-0.4, -0.2) is 40.9 Å². The third-order valence-electron chi connectivity index (χ3n) is 3.85. The molecule has 3 heterocycles. The van der Waals surface area contributed by atoms with Gasteiger partial charge in [-0.2, -0.15) is 16.4 Å².